The quantitative estimate of drug-likeness (QED) is 0.744. The number of hydrazine groups is 1. The van der Waals surface area contributed by atoms with E-state index < -0.39 is 0 Å². The first-order chi connectivity index (χ1) is 8.63. The standard InChI is InChI=1S/C11H13BrN6/c1-7-16-10(13)3-11(17-7)18-15-5-8-2-9(12)6-14-4-8/h2-4,6,15H,5H2,1H3,(H3,13,16,17,18). The number of rotatable bonds is 4. The third-order valence-electron chi connectivity index (χ3n) is 2.13. The van der Waals surface area contributed by atoms with E-state index in [0.29, 0.717) is 24.0 Å². The fourth-order valence-corrected chi connectivity index (χ4v) is 1.86. The van der Waals surface area contributed by atoms with Gasteiger partial charge in [-0.15, -0.1) is 0 Å². The van der Waals surface area contributed by atoms with Gasteiger partial charge in [0.15, 0.2) is 0 Å². The van der Waals surface area contributed by atoms with Crippen molar-refractivity contribution in [3.63, 3.8) is 0 Å². The summed E-state index contributed by atoms with van der Waals surface area (Å²) >= 11 is 3.37. The number of nitrogens with two attached hydrogens (primary N) is 1. The van der Waals surface area contributed by atoms with Crippen molar-refractivity contribution in [1.29, 1.82) is 0 Å². The molecule has 0 radical (unpaired) electrons. The molecule has 0 spiro atoms. The zero-order valence-electron chi connectivity index (χ0n) is 9.81. The SMILES string of the molecule is Cc1nc(N)cc(NNCc2cncc(Br)c2)n1. The molecule has 2 rings (SSSR count). The molecule has 0 aromatic carbocycles. The number of aryl methyl sites for hydroxylation is 1. The summed E-state index contributed by atoms with van der Waals surface area (Å²) in [5, 5.41) is 0. The number of anilines is 2. The Balaban J connectivity index is 1.92. The number of nitrogens with one attached hydrogen (secondary N) is 2. The van der Waals surface area contributed by atoms with E-state index >= 15 is 0 Å². The molecular formula is C11H13BrN6. The van der Waals surface area contributed by atoms with E-state index in [-0.39, 0.29) is 0 Å². The van der Waals surface area contributed by atoms with Crippen molar-refractivity contribution >= 4 is 27.6 Å². The van der Waals surface area contributed by atoms with Crippen LogP contribution in [0.4, 0.5) is 11.6 Å². The Morgan fingerprint density at radius 2 is 2.11 bits per heavy atom. The van der Waals surface area contributed by atoms with Gasteiger partial charge in [0.25, 0.3) is 0 Å². The van der Waals surface area contributed by atoms with Crippen molar-refractivity contribution in [2.45, 2.75) is 13.5 Å². The first-order valence-electron chi connectivity index (χ1n) is 5.33. The molecule has 0 atom stereocenters. The maximum atomic E-state index is 5.63. The number of hydrogen-bond donors (Lipinski definition) is 3. The molecule has 0 unspecified atom stereocenters. The van der Waals surface area contributed by atoms with Crippen LogP contribution < -0.4 is 16.6 Å². The molecule has 0 aliphatic rings. The summed E-state index contributed by atoms with van der Waals surface area (Å²) < 4.78 is 0.948. The number of hydrogen-bond acceptors (Lipinski definition) is 6. The first kappa shape index (κ1) is 12.7. The van der Waals surface area contributed by atoms with E-state index in [0.717, 1.165) is 10.0 Å². The molecule has 0 bridgehead atoms. The number of pyridine rings is 1. The minimum absolute atomic E-state index is 0.441. The molecule has 4 N–H and O–H groups in total. The van der Waals surface area contributed by atoms with Crippen molar-refractivity contribution in [2.24, 2.45) is 0 Å². The molecule has 0 amide bonds. The second-order valence-corrected chi connectivity index (χ2v) is 4.63. The van der Waals surface area contributed by atoms with Gasteiger partial charge in [0, 0.05) is 29.5 Å². The van der Waals surface area contributed by atoms with E-state index in [9.17, 15) is 0 Å². The molecular weight excluding hydrogens is 296 g/mol. The Hall–Kier alpha value is -1.73. The lowest BCUT2D eigenvalue weighted by atomic mass is 10.3. The van der Waals surface area contributed by atoms with E-state index in [4.69, 9.17) is 5.73 Å². The summed E-state index contributed by atoms with van der Waals surface area (Å²) in [5.41, 5.74) is 12.7. The van der Waals surface area contributed by atoms with Gasteiger partial charge in [-0.2, -0.15) is 0 Å². The summed E-state index contributed by atoms with van der Waals surface area (Å²) in [6.45, 7) is 2.41. The fraction of sp³-hybridized carbons (Fsp3) is 0.182. The number of halogens is 1. The highest BCUT2D eigenvalue weighted by Gasteiger charge is 1.99. The summed E-state index contributed by atoms with van der Waals surface area (Å²) in [6.07, 6.45) is 3.53. The Bertz CT molecular complexity index is 525. The Labute approximate surface area is 113 Å². The number of aromatic nitrogens is 3. The second-order valence-electron chi connectivity index (χ2n) is 3.72. The Kier molecular flexibility index (Phi) is 4.06. The summed E-state index contributed by atoms with van der Waals surface area (Å²) in [6, 6.07) is 3.65. The smallest absolute Gasteiger partial charge is 0.145 e. The lowest BCUT2D eigenvalue weighted by Crippen LogP contribution is -2.22. The van der Waals surface area contributed by atoms with Crippen molar-refractivity contribution in [3.8, 4) is 0 Å². The van der Waals surface area contributed by atoms with Crippen molar-refractivity contribution in [3.05, 3.63) is 40.4 Å². The van der Waals surface area contributed by atoms with Gasteiger partial charge in [-0.05, 0) is 34.5 Å². The highest BCUT2D eigenvalue weighted by Crippen LogP contribution is 2.10. The predicted octanol–water partition coefficient (Wildman–Crippen LogP) is 1.64. The van der Waals surface area contributed by atoms with Crippen molar-refractivity contribution in [2.75, 3.05) is 11.2 Å². The van der Waals surface area contributed by atoms with Crippen LogP contribution >= 0.6 is 15.9 Å². The lowest BCUT2D eigenvalue weighted by molar-refractivity contribution is 0.787. The molecule has 2 aromatic rings. The maximum Gasteiger partial charge on any atom is 0.145 e. The minimum Gasteiger partial charge on any atom is -0.384 e. The van der Waals surface area contributed by atoms with Crippen LogP contribution in [0.5, 0.6) is 0 Å². The van der Waals surface area contributed by atoms with Gasteiger partial charge in [-0.25, -0.2) is 15.4 Å². The molecule has 0 saturated heterocycles. The molecule has 0 aliphatic heterocycles. The van der Waals surface area contributed by atoms with Gasteiger partial charge in [0.05, 0.1) is 0 Å². The Morgan fingerprint density at radius 1 is 1.28 bits per heavy atom. The van der Waals surface area contributed by atoms with Gasteiger partial charge < -0.3 is 11.2 Å². The van der Waals surface area contributed by atoms with Crippen LogP contribution in [-0.2, 0) is 6.54 Å². The molecule has 94 valence electrons. The number of nitrogen functional groups attached to an aromatic ring is 1. The molecule has 2 heterocycles. The van der Waals surface area contributed by atoms with Crippen LogP contribution in [0.1, 0.15) is 11.4 Å². The van der Waals surface area contributed by atoms with Crippen LogP contribution in [0.2, 0.25) is 0 Å². The molecule has 0 saturated carbocycles. The average molecular weight is 309 g/mol. The molecule has 2 aromatic heterocycles. The van der Waals surface area contributed by atoms with Crippen molar-refractivity contribution in [1.82, 2.24) is 20.4 Å². The van der Waals surface area contributed by atoms with E-state index in [1.165, 1.54) is 0 Å². The van der Waals surface area contributed by atoms with Crippen molar-refractivity contribution < 1.29 is 0 Å². The summed E-state index contributed by atoms with van der Waals surface area (Å²) in [4.78, 5) is 12.3. The van der Waals surface area contributed by atoms with Crippen LogP contribution in [0, 0.1) is 6.92 Å². The van der Waals surface area contributed by atoms with Crippen LogP contribution in [-0.4, -0.2) is 15.0 Å². The van der Waals surface area contributed by atoms with Gasteiger partial charge in [-0.1, -0.05) is 0 Å². The van der Waals surface area contributed by atoms with Gasteiger partial charge >= 0.3 is 0 Å². The first-order valence-corrected chi connectivity index (χ1v) is 6.12. The van der Waals surface area contributed by atoms with Gasteiger partial charge in [0.1, 0.15) is 17.5 Å². The van der Waals surface area contributed by atoms with E-state index in [1.54, 1.807) is 25.4 Å². The van der Waals surface area contributed by atoms with Crippen LogP contribution in [0.15, 0.2) is 29.0 Å². The molecule has 18 heavy (non-hydrogen) atoms. The van der Waals surface area contributed by atoms with Crippen LogP contribution in [0.25, 0.3) is 0 Å². The summed E-state index contributed by atoms with van der Waals surface area (Å²) in [5.74, 6) is 1.71. The third-order valence-corrected chi connectivity index (χ3v) is 2.56. The maximum absolute atomic E-state index is 5.63. The topological polar surface area (TPSA) is 88.8 Å². The molecule has 0 fully saturated rings. The highest BCUT2D eigenvalue weighted by molar-refractivity contribution is 9.10. The molecule has 0 aliphatic carbocycles. The summed E-state index contributed by atoms with van der Waals surface area (Å²) in [7, 11) is 0. The second kappa shape index (κ2) is 5.74. The Morgan fingerprint density at radius 3 is 2.83 bits per heavy atom. The van der Waals surface area contributed by atoms with E-state index in [2.05, 4.69) is 41.7 Å². The van der Waals surface area contributed by atoms with Crippen LogP contribution in [0.3, 0.4) is 0 Å². The monoisotopic (exact) mass is 308 g/mol. The fourth-order valence-electron chi connectivity index (χ4n) is 1.44. The third kappa shape index (κ3) is 3.64. The zero-order chi connectivity index (χ0) is 13.0. The van der Waals surface area contributed by atoms with Gasteiger partial charge in [-0.3, -0.25) is 4.98 Å². The highest BCUT2D eigenvalue weighted by atomic mass is 79.9. The minimum atomic E-state index is 0.441. The van der Waals surface area contributed by atoms with Gasteiger partial charge in [0.2, 0.25) is 0 Å². The zero-order valence-corrected chi connectivity index (χ0v) is 11.4. The number of nitrogens with zero attached hydrogens (tertiary/aromatic N) is 3. The lowest BCUT2D eigenvalue weighted by Gasteiger charge is -2.08. The molecule has 7 heteroatoms. The normalized spacial score (nSPS) is 10.3. The largest absolute Gasteiger partial charge is 0.384 e. The molecule has 6 nitrogen and oxygen atoms in total. The average Bonchev–Trinajstić information content (AvgIpc) is 2.27. The predicted molar refractivity (Wildman–Crippen MR) is 73.6 cm³/mol. The van der Waals surface area contributed by atoms with E-state index in [1.807, 2.05) is 6.07 Å².